The number of anilines is 1. The van der Waals surface area contributed by atoms with E-state index < -0.39 is 0 Å². The number of carbonyl (C=O) groups excluding carboxylic acids is 1. The molecule has 1 aromatic carbocycles. The van der Waals surface area contributed by atoms with E-state index in [1.807, 2.05) is 44.2 Å². The Morgan fingerprint density at radius 3 is 2.90 bits per heavy atom. The molecule has 5 nitrogen and oxygen atoms in total. The number of pyridine rings is 1. The van der Waals surface area contributed by atoms with Crippen LogP contribution in [0.4, 0.5) is 10.5 Å². The number of urea groups is 1. The highest BCUT2D eigenvalue weighted by Gasteiger charge is 2.05. The number of nitrogens with two attached hydrogens (primary N) is 1. The molecule has 1 unspecified atom stereocenters. The summed E-state index contributed by atoms with van der Waals surface area (Å²) < 4.78 is 0. The summed E-state index contributed by atoms with van der Waals surface area (Å²) in [6, 6.07) is 9.12. The summed E-state index contributed by atoms with van der Waals surface area (Å²) in [5, 5.41) is 5.63. The molecule has 0 spiro atoms. The lowest BCUT2D eigenvalue weighted by atomic mass is 10.1. The maximum absolute atomic E-state index is 11.9. The largest absolute Gasteiger partial charge is 0.334 e. The van der Waals surface area contributed by atoms with Gasteiger partial charge in [-0.1, -0.05) is 12.1 Å². The number of benzene rings is 1. The number of nitrogens with zero attached hydrogens (tertiary/aromatic N) is 1. The molecule has 2 aromatic rings. The molecule has 0 saturated heterocycles. The van der Waals surface area contributed by atoms with E-state index >= 15 is 0 Å². The Morgan fingerprint density at radius 1 is 1.38 bits per heavy atom. The number of aryl methyl sites for hydroxylation is 1. The van der Waals surface area contributed by atoms with Crippen LogP contribution in [0.1, 0.15) is 29.7 Å². The average Bonchev–Trinajstić information content (AvgIpc) is 2.46. The Morgan fingerprint density at radius 2 is 2.19 bits per heavy atom. The lowest BCUT2D eigenvalue weighted by Gasteiger charge is -2.11. The second-order valence-corrected chi connectivity index (χ2v) is 5.02. The Balaban J connectivity index is 1.93. The molecule has 1 aromatic heterocycles. The molecule has 2 amide bonds. The summed E-state index contributed by atoms with van der Waals surface area (Å²) in [6.45, 7) is 4.34. The first kappa shape index (κ1) is 15.0. The zero-order chi connectivity index (χ0) is 15.2. The van der Waals surface area contributed by atoms with Crippen LogP contribution >= 0.6 is 0 Å². The SMILES string of the molecule is Cc1cnccc1CNC(=O)Nc1cccc(C(C)N)c1. The van der Waals surface area contributed by atoms with Gasteiger partial charge in [-0.25, -0.2) is 4.79 Å². The normalized spacial score (nSPS) is 11.8. The standard InChI is InChI=1S/C16H20N4O/c1-11-9-18-7-6-14(11)10-19-16(21)20-15-5-3-4-13(8-15)12(2)17/h3-9,12H,10,17H2,1-2H3,(H2,19,20,21). The van der Waals surface area contributed by atoms with E-state index in [2.05, 4.69) is 15.6 Å². The maximum Gasteiger partial charge on any atom is 0.319 e. The first-order chi connectivity index (χ1) is 10.1. The molecule has 110 valence electrons. The highest BCUT2D eigenvalue weighted by Crippen LogP contribution is 2.15. The minimum Gasteiger partial charge on any atom is -0.334 e. The first-order valence-corrected chi connectivity index (χ1v) is 6.86. The van der Waals surface area contributed by atoms with Crippen molar-refractivity contribution in [3.05, 3.63) is 59.4 Å². The molecule has 0 bridgehead atoms. The van der Waals surface area contributed by atoms with Crippen LogP contribution in [0, 0.1) is 6.92 Å². The third-order valence-corrected chi connectivity index (χ3v) is 3.25. The van der Waals surface area contributed by atoms with Crippen LogP contribution in [0.15, 0.2) is 42.7 Å². The summed E-state index contributed by atoms with van der Waals surface area (Å²) in [6.07, 6.45) is 3.50. The van der Waals surface area contributed by atoms with Gasteiger partial charge in [0.25, 0.3) is 0 Å². The van der Waals surface area contributed by atoms with Crippen LogP contribution in [0.3, 0.4) is 0 Å². The van der Waals surface area contributed by atoms with E-state index in [-0.39, 0.29) is 12.1 Å². The van der Waals surface area contributed by atoms with Crippen LogP contribution in [0.25, 0.3) is 0 Å². The van der Waals surface area contributed by atoms with Crippen LogP contribution in [-0.4, -0.2) is 11.0 Å². The molecule has 0 aliphatic heterocycles. The van der Waals surface area contributed by atoms with Crippen molar-refractivity contribution in [2.24, 2.45) is 5.73 Å². The Kier molecular flexibility index (Phi) is 4.90. The van der Waals surface area contributed by atoms with Gasteiger partial charge in [0.1, 0.15) is 0 Å². The van der Waals surface area contributed by atoms with Crippen molar-refractivity contribution in [3.63, 3.8) is 0 Å². The monoisotopic (exact) mass is 284 g/mol. The Bertz CT molecular complexity index is 625. The molecular formula is C16H20N4O. The lowest BCUT2D eigenvalue weighted by Crippen LogP contribution is -2.28. The van der Waals surface area contributed by atoms with Crippen molar-refractivity contribution < 1.29 is 4.79 Å². The molecule has 21 heavy (non-hydrogen) atoms. The molecule has 4 N–H and O–H groups in total. The van der Waals surface area contributed by atoms with Gasteiger partial charge in [0, 0.05) is 30.7 Å². The molecule has 0 aliphatic carbocycles. The molecule has 0 saturated carbocycles. The van der Waals surface area contributed by atoms with Gasteiger partial charge in [-0.3, -0.25) is 4.98 Å². The molecule has 5 heteroatoms. The molecule has 1 heterocycles. The van der Waals surface area contributed by atoms with Gasteiger partial charge in [-0.2, -0.15) is 0 Å². The maximum atomic E-state index is 11.9. The van der Waals surface area contributed by atoms with E-state index in [4.69, 9.17) is 5.73 Å². The van der Waals surface area contributed by atoms with E-state index in [9.17, 15) is 4.79 Å². The topological polar surface area (TPSA) is 80.0 Å². The van der Waals surface area contributed by atoms with Crippen LogP contribution in [0.2, 0.25) is 0 Å². The van der Waals surface area contributed by atoms with Gasteiger partial charge in [0.05, 0.1) is 0 Å². The highest BCUT2D eigenvalue weighted by atomic mass is 16.2. The number of hydrogen-bond acceptors (Lipinski definition) is 3. The van der Waals surface area contributed by atoms with Crippen LogP contribution < -0.4 is 16.4 Å². The van der Waals surface area contributed by atoms with Crippen molar-refractivity contribution in [2.45, 2.75) is 26.4 Å². The van der Waals surface area contributed by atoms with Gasteiger partial charge in [-0.05, 0) is 48.7 Å². The number of aromatic nitrogens is 1. The van der Waals surface area contributed by atoms with Gasteiger partial charge in [0.2, 0.25) is 0 Å². The minimum absolute atomic E-state index is 0.0609. The third kappa shape index (κ3) is 4.29. The third-order valence-electron chi connectivity index (χ3n) is 3.25. The average molecular weight is 284 g/mol. The Hall–Kier alpha value is -2.40. The van der Waals surface area contributed by atoms with Gasteiger partial charge in [0.15, 0.2) is 0 Å². The molecule has 0 radical (unpaired) electrons. The highest BCUT2D eigenvalue weighted by molar-refractivity contribution is 5.89. The lowest BCUT2D eigenvalue weighted by molar-refractivity contribution is 0.251. The van der Waals surface area contributed by atoms with Crippen molar-refractivity contribution in [2.75, 3.05) is 5.32 Å². The summed E-state index contributed by atoms with van der Waals surface area (Å²) in [4.78, 5) is 15.9. The number of nitrogens with one attached hydrogen (secondary N) is 2. The van der Waals surface area contributed by atoms with Crippen molar-refractivity contribution >= 4 is 11.7 Å². The summed E-state index contributed by atoms with van der Waals surface area (Å²) in [7, 11) is 0. The summed E-state index contributed by atoms with van der Waals surface area (Å²) >= 11 is 0. The van der Waals surface area contributed by atoms with Gasteiger partial charge >= 0.3 is 6.03 Å². The van der Waals surface area contributed by atoms with E-state index in [0.29, 0.717) is 6.54 Å². The number of rotatable bonds is 4. The molecule has 0 fully saturated rings. The fourth-order valence-corrected chi connectivity index (χ4v) is 1.95. The zero-order valence-electron chi connectivity index (χ0n) is 12.3. The second kappa shape index (κ2) is 6.85. The fraction of sp³-hybridized carbons (Fsp3) is 0.250. The molecule has 2 rings (SSSR count). The fourth-order valence-electron chi connectivity index (χ4n) is 1.95. The minimum atomic E-state index is -0.243. The van der Waals surface area contributed by atoms with Crippen molar-refractivity contribution in [3.8, 4) is 0 Å². The summed E-state index contributed by atoms with van der Waals surface area (Å²) in [5.74, 6) is 0. The molecule has 0 aliphatic rings. The summed E-state index contributed by atoms with van der Waals surface area (Å²) in [5.41, 5.74) is 9.64. The molecule has 1 atom stereocenters. The molecular weight excluding hydrogens is 264 g/mol. The van der Waals surface area contributed by atoms with E-state index in [0.717, 1.165) is 22.4 Å². The number of hydrogen-bond donors (Lipinski definition) is 3. The number of carbonyl (C=O) groups is 1. The van der Waals surface area contributed by atoms with Gasteiger partial charge in [-0.15, -0.1) is 0 Å². The predicted molar refractivity (Wildman–Crippen MR) is 83.9 cm³/mol. The van der Waals surface area contributed by atoms with E-state index in [1.165, 1.54) is 0 Å². The Labute approximate surface area is 124 Å². The first-order valence-electron chi connectivity index (χ1n) is 6.86. The van der Waals surface area contributed by atoms with Crippen LogP contribution in [0.5, 0.6) is 0 Å². The zero-order valence-corrected chi connectivity index (χ0v) is 12.3. The van der Waals surface area contributed by atoms with E-state index in [1.54, 1.807) is 12.4 Å². The van der Waals surface area contributed by atoms with Crippen LogP contribution in [-0.2, 0) is 6.54 Å². The number of amides is 2. The smallest absolute Gasteiger partial charge is 0.319 e. The second-order valence-electron chi connectivity index (χ2n) is 5.02. The quantitative estimate of drug-likeness (QED) is 0.807. The van der Waals surface area contributed by atoms with Crippen molar-refractivity contribution in [1.29, 1.82) is 0 Å². The van der Waals surface area contributed by atoms with Crippen molar-refractivity contribution in [1.82, 2.24) is 10.3 Å². The predicted octanol–water partition coefficient (Wildman–Crippen LogP) is 2.73. The van der Waals surface area contributed by atoms with Gasteiger partial charge < -0.3 is 16.4 Å².